The van der Waals surface area contributed by atoms with Crippen LogP contribution < -0.4 is 10.2 Å². The molecule has 0 spiro atoms. The fraction of sp³-hybridized carbons (Fsp3) is 0.366. The van der Waals surface area contributed by atoms with Crippen molar-refractivity contribution in [3.8, 4) is 28.3 Å². The van der Waals surface area contributed by atoms with Crippen molar-refractivity contribution in [2.75, 3.05) is 6.54 Å². The average molecular weight is 715 g/mol. The van der Waals surface area contributed by atoms with Crippen molar-refractivity contribution in [2.24, 2.45) is 0 Å². The van der Waals surface area contributed by atoms with Crippen LogP contribution in [0, 0.1) is 0 Å². The molecule has 3 aliphatic heterocycles. The molecule has 1 amide bonds. The molecule has 0 saturated carbocycles. The van der Waals surface area contributed by atoms with E-state index in [0.717, 1.165) is 68.2 Å². The predicted octanol–water partition coefficient (Wildman–Crippen LogP) is 9.22. The zero-order valence-electron chi connectivity index (χ0n) is 30.7. The number of carbonyl (C=O) groups is 1. The number of carbonyl (C=O) groups excluding carboxylic acids is 1. The molecule has 3 aromatic heterocycles. The predicted molar refractivity (Wildman–Crippen MR) is 206 cm³/mol. The summed E-state index contributed by atoms with van der Waals surface area (Å²) in [6.07, 6.45) is 2.91. The second-order valence-corrected chi connectivity index (χ2v) is 17.3. The maximum atomic E-state index is 13.0. The van der Waals surface area contributed by atoms with Gasteiger partial charge in [-0.3, -0.25) is 9.47 Å². The Balaban J connectivity index is 1.10. The molecule has 2 atom stereocenters. The number of ether oxygens (including phenoxy) is 2. The number of amides is 1. The van der Waals surface area contributed by atoms with E-state index in [0.29, 0.717) is 6.54 Å². The molecular weight excluding hydrogens is 671 g/mol. The van der Waals surface area contributed by atoms with Crippen molar-refractivity contribution in [3.63, 3.8) is 0 Å². The van der Waals surface area contributed by atoms with Crippen molar-refractivity contribution >= 4 is 51.0 Å². The molecule has 1 N–H and O–H groups in total. The molecule has 2 unspecified atom stereocenters. The van der Waals surface area contributed by atoms with Crippen molar-refractivity contribution in [2.45, 2.75) is 90.4 Å². The third-order valence-electron chi connectivity index (χ3n) is 10.9. The van der Waals surface area contributed by atoms with Crippen LogP contribution in [-0.2, 0) is 14.0 Å². The van der Waals surface area contributed by atoms with Gasteiger partial charge in [-0.2, -0.15) is 0 Å². The largest absolute Gasteiger partial charge is 0.494 e. The van der Waals surface area contributed by atoms with E-state index in [1.165, 1.54) is 10.1 Å². The standard InChI is InChI=1S/C41H43BN4O5S/c1-39(2,3)49-38(47)45-18-10-12-31(45)36-43-23-29(44-36)24-14-16-28-32-20-26-19-27(42-50-40(4,5)41(6,7)51-42)15-17-30(26)46(32)37(48-33(28)21-24)35-22-25-11-8-9-13-34(25)52-35/h8-9,11,13-17,19-23,31,37H,10,12,18H2,1-7H3,(H,43,44). The zero-order valence-corrected chi connectivity index (χ0v) is 31.5. The highest BCUT2D eigenvalue weighted by atomic mass is 32.1. The minimum atomic E-state index is -0.559. The van der Waals surface area contributed by atoms with Crippen molar-refractivity contribution in [1.29, 1.82) is 0 Å². The van der Waals surface area contributed by atoms with Gasteiger partial charge in [-0.1, -0.05) is 36.4 Å². The third-order valence-corrected chi connectivity index (χ3v) is 12.1. The van der Waals surface area contributed by atoms with Gasteiger partial charge in [0, 0.05) is 27.8 Å². The quantitative estimate of drug-likeness (QED) is 0.183. The second-order valence-electron chi connectivity index (χ2n) is 16.2. The molecule has 3 aromatic carbocycles. The molecule has 0 aliphatic carbocycles. The Kier molecular flexibility index (Phi) is 7.50. The van der Waals surface area contributed by atoms with Crippen LogP contribution in [0.5, 0.6) is 5.75 Å². The number of rotatable bonds is 4. The highest BCUT2D eigenvalue weighted by Gasteiger charge is 2.51. The number of H-pyrrole nitrogens is 1. The molecule has 9 nitrogen and oxygen atoms in total. The maximum Gasteiger partial charge on any atom is 0.494 e. The monoisotopic (exact) mass is 714 g/mol. The summed E-state index contributed by atoms with van der Waals surface area (Å²) in [5.41, 5.74) is 4.60. The number of nitrogens with one attached hydrogen (secondary N) is 1. The van der Waals surface area contributed by atoms with Gasteiger partial charge in [0.15, 0.2) is 0 Å². The summed E-state index contributed by atoms with van der Waals surface area (Å²) < 4.78 is 29.1. The minimum Gasteiger partial charge on any atom is -0.464 e. The Morgan fingerprint density at radius 1 is 0.981 bits per heavy atom. The summed E-state index contributed by atoms with van der Waals surface area (Å²) in [5.74, 6) is 1.56. The SMILES string of the molecule is CC(C)(C)OC(=O)N1CCCC1c1ncc(-c2ccc3c(c2)OC(c2cc4ccccc4s2)n2c-3cc3cc(B4OC(C)(C)C(C)(C)O4)ccc32)[nH]1. The summed E-state index contributed by atoms with van der Waals surface area (Å²) in [7, 11) is -0.449. The first-order valence-electron chi connectivity index (χ1n) is 18.1. The molecule has 6 heterocycles. The van der Waals surface area contributed by atoms with Gasteiger partial charge in [-0.25, -0.2) is 9.78 Å². The first-order chi connectivity index (χ1) is 24.7. The summed E-state index contributed by atoms with van der Waals surface area (Å²) in [4.78, 5) is 24.2. The van der Waals surface area contributed by atoms with E-state index in [9.17, 15) is 4.79 Å². The highest BCUT2D eigenvalue weighted by molar-refractivity contribution is 7.19. The molecule has 0 radical (unpaired) electrons. The van der Waals surface area contributed by atoms with Crippen molar-refractivity contribution in [3.05, 3.63) is 89.7 Å². The number of fused-ring (bicyclic) bond motifs is 6. The molecule has 11 heteroatoms. The van der Waals surface area contributed by atoms with Gasteiger partial charge in [-0.15, -0.1) is 11.3 Å². The van der Waals surface area contributed by atoms with E-state index in [2.05, 4.69) is 110 Å². The van der Waals surface area contributed by atoms with E-state index in [4.69, 9.17) is 23.8 Å². The second kappa shape index (κ2) is 11.7. The number of hydrogen-bond donors (Lipinski definition) is 1. The Hall–Kier alpha value is -4.58. The molecule has 2 fully saturated rings. The van der Waals surface area contributed by atoms with Crippen LogP contribution >= 0.6 is 11.3 Å². The Bertz CT molecular complexity index is 2320. The van der Waals surface area contributed by atoms with E-state index in [1.54, 1.807) is 16.2 Å². The minimum absolute atomic E-state index is 0.160. The lowest BCUT2D eigenvalue weighted by Crippen LogP contribution is -2.41. The Morgan fingerprint density at radius 2 is 1.77 bits per heavy atom. The lowest BCUT2D eigenvalue weighted by molar-refractivity contribution is 0.00578. The highest BCUT2D eigenvalue weighted by Crippen LogP contribution is 2.47. The van der Waals surface area contributed by atoms with Gasteiger partial charge in [0.25, 0.3) is 0 Å². The number of aromatic amines is 1. The molecular formula is C41H43BN4O5S. The van der Waals surface area contributed by atoms with Crippen LogP contribution in [0.2, 0.25) is 0 Å². The summed E-state index contributed by atoms with van der Waals surface area (Å²) in [6, 6.07) is 25.6. The van der Waals surface area contributed by atoms with E-state index >= 15 is 0 Å². The van der Waals surface area contributed by atoms with Gasteiger partial charge < -0.3 is 23.8 Å². The van der Waals surface area contributed by atoms with Crippen LogP contribution in [-0.4, -0.2) is 56.0 Å². The third kappa shape index (κ3) is 5.52. The van der Waals surface area contributed by atoms with E-state index < -0.39 is 23.9 Å². The lowest BCUT2D eigenvalue weighted by Gasteiger charge is -2.32. The fourth-order valence-corrected chi connectivity index (χ4v) is 8.65. The average Bonchev–Trinajstić information content (AvgIpc) is 3.92. The number of benzene rings is 3. The lowest BCUT2D eigenvalue weighted by atomic mass is 9.78. The summed E-state index contributed by atoms with van der Waals surface area (Å²) in [6.45, 7) is 14.6. The molecule has 6 aromatic rings. The van der Waals surface area contributed by atoms with Gasteiger partial charge in [0.1, 0.15) is 17.2 Å². The first kappa shape index (κ1) is 33.3. The van der Waals surface area contributed by atoms with Gasteiger partial charge in [0.2, 0.25) is 6.23 Å². The van der Waals surface area contributed by atoms with Gasteiger partial charge in [0.05, 0.1) is 45.2 Å². The number of imidazole rings is 1. The van der Waals surface area contributed by atoms with E-state index in [1.807, 2.05) is 27.0 Å². The van der Waals surface area contributed by atoms with Gasteiger partial charge in [-0.05, 0) is 109 Å². The van der Waals surface area contributed by atoms with Crippen LogP contribution in [0.4, 0.5) is 4.79 Å². The topological polar surface area (TPSA) is 90.8 Å². The number of nitrogens with zero attached hydrogens (tertiary/aromatic N) is 3. The maximum absolute atomic E-state index is 13.0. The van der Waals surface area contributed by atoms with Crippen molar-refractivity contribution < 1.29 is 23.6 Å². The Morgan fingerprint density at radius 3 is 2.54 bits per heavy atom. The molecule has 52 heavy (non-hydrogen) atoms. The Labute approximate surface area is 308 Å². The number of aromatic nitrogens is 3. The van der Waals surface area contributed by atoms with Crippen LogP contribution in [0.1, 0.15) is 84.3 Å². The molecule has 9 rings (SSSR count). The number of likely N-dealkylation sites (tertiary alicyclic amines) is 1. The smallest absolute Gasteiger partial charge is 0.464 e. The molecule has 3 aliphatic rings. The molecule has 266 valence electrons. The zero-order chi connectivity index (χ0) is 36.2. The normalized spacial score (nSPS) is 20.7. The van der Waals surface area contributed by atoms with Crippen LogP contribution in [0.15, 0.2) is 79.0 Å². The van der Waals surface area contributed by atoms with Gasteiger partial charge >= 0.3 is 13.2 Å². The van der Waals surface area contributed by atoms with Crippen LogP contribution in [0.25, 0.3) is 43.5 Å². The van der Waals surface area contributed by atoms with Crippen LogP contribution in [0.3, 0.4) is 0 Å². The summed E-state index contributed by atoms with van der Waals surface area (Å²) in [5, 5.41) is 2.29. The number of hydrogen-bond acceptors (Lipinski definition) is 7. The number of thiophene rings is 1. The van der Waals surface area contributed by atoms with Crippen molar-refractivity contribution in [1.82, 2.24) is 19.4 Å². The fourth-order valence-electron chi connectivity index (χ4n) is 7.56. The van der Waals surface area contributed by atoms with E-state index in [-0.39, 0.29) is 18.4 Å². The molecule has 0 bridgehead atoms. The molecule has 2 saturated heterocycles. The summed E-state index contributed by atoms with van der Waals surface area (Å²) >= 11 is 1.76. The first-order valence-corrected chi connectivity index (χ1v) is 18.9.